The van der Waals surface area contributed by atoms with Crippen LogP contribution in [0.5, 0.6) is 0 Å². The van der Waals surface area contributed by atoms with Crippen LogP contribution in [0.15, 0.2) is 41.6 Å². The number of nitrogens with zero attached hydrogens (tertiary/aromatic N) is 4. The summed E-state index contributed by atoms with van der Waals surface area (Å²) in [5, 5.41) is 11.7. The first-order valence-corrected chi connectivity index (χ1v) is 11.4. The van der Waals surface area contributed by atoms with Gasteiger partial charge in [-0.05, 0) is 44.2 Å². The molecule has 6 rings (SSSR count). The molecule has 6 heteroatoms. The van der Waals surface area contributed by atoms with Crippen LogP contribution in [0.25, 0.3) is 10.9 Å². The number of carbonyl (C=O) groups is 1. The number of benzene rings is 1. The first kappa shape index (κ1) is 18.2. The molecular weight excluding hydrogens is 374 g/mol. The second-order valence-electron chi connectivity index (χ2n) is 9.66. The summed E-state index contributed by atoms with van der Waals surface area (Å²) >= 11 is 0. The van der Waals surface area contributed by atoms with Gasteiger partial charge >= 0.3 is 6.03 Å². The minimum atomic E-state index is 0.139. The Morgan fingerprint density at radius 3 is 2.87 bits per heavy atom. The van der Waals surface area contributed by atoms with Gasteiger partial charge in [0.1, 0.15) is 0 Å². The van der Waals surface area contributed by atoms with Crippen molar-refractivity contribution >= 4 is 22.6 Å². The van der Waals surface area contributed by atoms with E-state index in [1.807, 2.05) is 18.3 Å². The van der Waals surface area contributed by atoms with Crippen molar-refractivity contribution in [3.63, 3.8) is 0 Å². The molecule has 2 amide bonds. The molecule has 3 aliphatic heterocycles. The number of hydrogen-bond donors (Lipinski definition) is 1. The highest BCUT2D eigenvalue weighted by atomic mass is 16.2. The molecule has 156 valence electrons. The Balaban J connectivity index is 1.22. The molecule has 3 atom stereocenters. The van der Waals surface area contributed by atoms with E-state index >= 15 is 0 Å². The van der Waals surface area contributed by atoms with Gasteiger partial charge in [-0.2, -0.15) is 5.10 Å². The molecule has 2 aromatic rings. The Morgan fingerprint density at radius 1 is 1.20 bits per heavy atom. The minimum Gasteiger partial charge on any atom is -0.335 e. The molecule has 1 aliphatic carbocycles. The van der Waals surface area contributed by atoms with Crippen LogP contribution >= 0.6 is 0 Å². The van der Waals surface area contributed by atoms with Gasteiger partial charge in [-0.25, -0.2) is 4.79 Å². The summed E-state index contributed by atoms with van der Waals surface area (Å²) in [6.45, 7) is 5.01. The molecule has 3 fully saturated rings. The van der Waals surface area contributed by atoms with Crippen molar-refractivity contribution in [2.45, 2.75) is 51.1 Å². The number of para-hydroxylation sites is 1. The number of hydrazone groups is 1. The lowest BCUT2D eigenvalue weighted by molar-refractivity contribution is 0.148. The van der Waals surface area contributed by atoms with Crippen LogP contribution in [0.2, 0.25) is 0 Å². The first-order valence-electron chi connectivity index (χ1n) is 11.4. The Morgan fingerprint density at radius 2 is 2.03 bits per heavy atom. The van der Waals surface area contributed by atoms with Gasteiger partial charge in [0.2, 0.25) is 0 Å². The predicted octanol–water partition coefficient (Wildman–Crippen LogP) is 3.62. The Labute approximate surface area is 177 Å². The summed E-state index contributed by atoms with van der Waals surface area (Å²) in [5.41, 5.74) is 3.46. The average Bonchev–Trinajstić information content (AvgIpc) is 3.41. The fourth-order valence-corrected chi connectivity index (χ4v) is 6.08. The van der Waals surface area contributed by atoms with Crippen LogP contribution in [0.1, 0.15) is 44.6 Å². The summed E-state index contributed by atoms with van der Waals surface area (Å²) in [5.74, 6) is 0.338. The molecule has 1 saturated carbocycles. The number of likely N-dealkylation sites (tertiary alicyclic amines) is 1. The van der Waals surface area contributed by atoms with Crippen molar-refractivity contribution in [3.05, 3.63) is 42.1 Å². The van der Waals surface area contributed by atoms with Gasteiger partial charge in [0, 0.05) is 54.2 Å². The maximum atomic E-state index is 12.7. The highest BCUT2D eigenvalue weighted by Crippen LogP contribution is 2.50. The fraction of sp³-hybridized carbons (Fsp3) is 0.542. The zero-order valence-corrected chi connectivity index (χ0v) is 17.6. The maximum absolute atomic E-state index is 12.7. The smallest absolute Gasteiger partial charge is 0.317 e. The lowest BCUT2D eigenvalue weighted by atomic mass is 9.73. The van der Waals surface area contributed by atoms with E-state index in [2.05, 4.69) is 45.3 Å². The van der Waals surface area contributed by atoms with Crippen LogP contribution in [0, 0.1) is 11.3 Å². The third-order valence-corrected chi connectivity index (χ3v) is 7.92. The van der Waals surface area contributed by atoms with Gasteiger partial charge in [0.05, 0.1) is 17.3 Å². The predicted molar refractivity (Wildman–Crippen MR) is 117 cm³/mol. The van der Waals surface area contributed by atoms with E-state index in [0.717, 1.165) is 67.5 Å². The molecule has 4 aliphatic rings. The van der Waals surface area contributed by atoms with Crippen molar-refractivity contribution in [2.75, 3.05) is 19.6 Å². The fourth-order valence-electron chi connectivity index (χ4n) is 6.08. The molecule has 1 N–H and O–H groups in total. The monoisotopic (exact) mass is 403 g/mol. The van der Waals surface area contributed by atoms with Crippen molar-refractivity contribution in [2.24, 2.45) is 16.4 Å². The van der Waals surface area contributed by atoms with Crippen LogP contribution in [0.3, 0.4) is 0 Å². The van der Waals surface area contributed by atoms with Crippen molar-refractivity contribution in [3.8, 4) is 0 Å². The van der Waals surface area contributed by atoms with E-state index in [9.17, 15) is 4.79 Å². The largest absolute Gasteiger partial charge is 0.335 e. The molecule has 1 aromatic carbocycles. The number of pyridine rings is 1. The number of nitrogens with one attached hydrogen (secondary N) is 1. The van der Waals surface area contributed by atoms with Gasteiger partial charge in [-0.15, -0.1) is 0 Å². The second kappa shape index (κ2) is 6.69. The van der Waals surface area contributed by atoms with E-state index in [-0.39, 0.29) is 11.4 Å². The van der Waals surface area contributed by atoms with Crippen LogP contribution in [-0.4, -0.2) is 58.4 Å². The van der Waals surface area contributed by atoms with Crippen LogP contribution < -0.4 is 5.32 Å². The Hall–Kier alpha value is -2.63. The van der Waals surface area contributed by atoms with Gasteiger partial charge < -0.3 is 10.2 Å². The third-order valence-electron chi connectivity index (χ3n) is 7.92. The number of hydrogen-bond acceptors (Lipinski definition) is 4. The topological polar surface area (TPSA) is 60.8 Å². The number of urea groups is 1. The zero-order chi connectivity index (χ0) is 20.3. The molecule has 6 nitrogen and oxygen atoms in total. The minimum absolute atomic E-state index is 0.139. The summed E-state index contributed by atoms with van der Waals surface area (Å²) < 4.78 is 0. The summed E-state index contributed by atoms with van der Waals surface area (Å²) in [6, 6.07) is 11.4. The molecule has 4 heterocycles. The van der Waals surface area contributed by atoms with E-state index in [1.54, 1.807) is 0 Å². The average molecular weight is 404 g/mol. The number of aromatic nitrogens is 1. The first-order chi connectivity index (χ1) is 14.6. The van der Waals surface area contributed by atoms with Gasteiger partial charge in [0.25, 0.3) is 0 Å². The van der Waals surface area contributed by atoms with Gasteiger partial charge in [-0.3, -0.25) is 9.99 Å². The number of amides is 2. The summed E-state index contributed by atoms with van der Waals surface area (Å²) in [4.78, 5) is 19.5. The molecule has 0 bridgehead atoms. The van der Waals surface area contributed by atoms with Crippen molar-refractivity contribution in [1.82, 2.24) is 20.2 Å². The van der Waals surface area contributed by atoms with Gasteiger partial charge in [0.15, 0.2) is 0 Å². The molecule has 1 spiro atoms. The molecule has 3 unspecified atom stereocenters. The SMILES string of the molecule is CC1C(c2cnc3ccccc3c2)=NN2CCC3(CCN(C(=O)NC4CCC4)C3)C12. The van der Waals surface area contributed by atoms with Gasteiger partial charge in [-0.1, -0.05) is 25.1 Å². The lowest BCUT2D eigenvalue weighted by Crippen LogP contribution is -2.48. The van der Waals surface area contributed by atoms with Crippen molar-refractivity contribution in [1.29, 1.82) is 0 Å². The molecule has 0 radical (unpaired) electrons. The number of carbonyl (C=O) groups excluding carboxylic acids is 1. The van der Waals surface area contributed by atoms with E-state index in [1.165, 1.54) is 6.42 Å². The quantitative estimate of drug-likeness (QED) is 0.833. The number of fused-ring (bicyclic) bond motifs is 3. The maximum Gasteiger partial charge on any atom is 0.317 e. The Kier molecular flexibility index (Phi) is 4.05. The van der Waals surface area contributed by atoms with Crippen LogP contribution in [-0.2, 0) is 0 Å². The molecule has 2 saturated heterocycles. The third kappa shape index (κ3) is 2.72. The van der Waals surface area contributed by atoms with Crippen LogP contribution in [0.4, 0.5) is 4.79 Å². The highest BCUT2D eigenvalue weighted by molar-refractivity contribution is 6.05. The number of rotatable bonds is 2. The van der Waals surface area contributed by atoms with E-state index in [0.29, 0.717) is 18.0 Å². The van der Waals surface area contributed by atoms with Crippen molar-refractivity contribution < 1.29 is 4.79 Å². The summed E-state index contributed by atoms with van der Waals surface area (Å²) in [6.07, 6.45) is 7.69. The standard InChI is InChI=1S/C24H29N5O/c1-16-21(18-13-17-5-2-3-8-20(17)25-14-18)27-29-12-10-24(22(16)29)9-11-28(15-24)23(30)26-19-6-4-7-19/h2-3,5,8,13-14,16,19,22H,4,6-7,9-12,15H2,1H3,(H,26,30). The molecule has 1 aromatic heterocycles. The molecular formula is C24H29N5O. The highest BCUT2D eigenvalue weighted by Gasteiger charge is 2.57. The zero-order valence-electron chi connectivity index (χ0n) is 17.6. The Bertz CT molecular complexity index is 1030. The normalized spacial score (nSPS) is 30.6. The van der Waals surface area contributed by atoms with E-state index < -0.39 is 0 Å². The van der Waals surface area contributed by atoms with E-state index in [4.69, 9.17) is 5.10 Å². The molecule has 30 heavy (non-hydrogen) atoms. The second-order valence-corrected chi connectivity index (χ2v) is 9.66. The lowest BCUT2D eigenvalue weighted by Gasteiger charge is -2.34. The summed E-state index contributed by atoms with van der Waals surface area (Å²) in [7, 11) is 0.